The Labute approximate surface area is 324 Å². The molecule has 1 fully saturated rings. The number of thioether (sulfide) groups is 1. The zero-order valence-corrected chi connectivity index (χ0v) is 32.8. The topological polar surface area (TPSA) is 336 Å². The number of carboxylic acids is 2. The lowest BCUT2D eigenvalue weighted by Gasteiger charge is -2.33. The normalized spacial score (nSPS) is 17.6. The van der Waals surface area contributed by atoms with Crippen LogP contribution in [0, 0.1) is 5.92 Å². The van der Waals surface area contributed by atoms with Crippen LogP contribution in [0.3, 0.4) is 0 Å². The number of likely N-dealkylation sites (tertiary alicyclic amines) is 1. The first-order valence-electron chi connectivity index (χ1n) is 18.4. The lowest BCUT2D eigenvalue weighted by molar-refractivity contribution is -0.144. The van der Waals surface area contributed by atoms with Crippen LogP contribution in [0.5, 0.6) is 0 Å². The molecule has 0 aliphatic carbocycles. The second kappa shape index (κ2) is 24.8. The monoisotopic (exact) mass is 801 g/mol. The summed E-state index contributed by atoms with van der Waals surface area (Å²) in [6.07, 6.45) is 2.92. The van der Waals surface area contributed by atoms with Crippen LogP contribution >= 0.6 is 11.8 Å². The Morgan fingerprint density at radius 2 is 1.42 bits per heavy atom. The van der Waals surface area contributed by atoms with Gasteiger partial charge in [0.25, 0.3) is 0 Å². The number of unbranched alkanes of at least 4 members (excludes halogenated alkanes) is 1. The van der Waals surface area contributed by atoms with Gasteiger partial charge in [0.15, 0.2) is 0 Å². The third kappa shape index (κ3) is 16.8. The van der Waals surface area contributed by atoms with Gasteiger partial charge in [-0.1, -0.05) is 20.3 Å². The molecule has 8 atom stereocenters. The number of nitrogens with two attached hydrogens (primary N) is 3. The van der Waals surface area contributed by atoms with E-state index in [9.17, 15) is 48.3 Å². The van der Waals surface area contributed by atoms with Crippen LogP contribution in [0.15, 0.2) is 0 Å². The van der Waals surface area contributed by atoms with Crippen LogP contribution in [0.4, 0.5) is 0 Å². The van der Waals surface area contributed by atoms with Gasteiger partial charge in [-0.2, -0.15) is 11.8 Å². The molecule has 0 aromatic rings. The molecular formula is C34H59N9O11S. The number of hydrogen-bond donors (Lipinski definition) is 10. The molecule has 0 saturated carbocycles. The van der Waals surface area contributed by atoms with E-state index in [0.29, 0.717) is 38.0 Å². The van der Waals surface area contributed by atoms with Gasteiger partial charge in [-0.3, -0.25) is 38.4 Å². The second-order valence-corrected chi connectivity index (χ2v) is 14.6. The van der Waals surface area contributed by atoms with Gasteiger partial charge in [-0.25, -0.2) is 4.79 Å². The highest BCUT2D eigenvalue weighted by atomic mass is 32.2. The second-order valence-electron chi connectivity index (χ2n) is 13.6. The average molecular weight is 802 g/mol. The van der Waals surface area contributed by atoms with E-state index in [2.05, 4.69) is 26.6 Å². The van der Waals surface area contributed by atoms with Crippen molar-refractivity contribution in [2.75, 3.05) is 25.1 Å². The van der Waals surface area contributed by atoms with Crippen molar-refractivity contribution in [3.63, 3.8) is 0 Å². The molecule has 1 heterocycles. The van der Waals surface area contributed by atoms with Crippen LogP contribution in [-0.4, -0.2) is 136 Å². The van der Waals surface area contributed by atoms with Crippen molar-refractivity contribution >= 4 is 65.1 Å². The van der Waals surface area contributed by atoms with Crippen LogP contribution in [0.1, 0.15) is 85.0 Å². The number of hydrogen-bond acceptors (Lipinski definition) is 12. The van der Waals surface area contributed by atoms with Crippen LogP contribution in [0.2, 0.25) is 0 Å². The van der Waals surface area contributed by atoms with Gasteiger partial charge in [0.05, 0.1) is 12.5 Å². The molecule has 0 spiro atoms. The molecule has 312 valence electrons. The lowest BCUT2D eigenvalue weighted by atomic mass is 9.96. The van der Waals surface area contributed by atoms with Crippen LogP contribution in [-0.2, 0) is 43.2 Å². The maximum absolute atomic E-state index is 14.0. The highest BCUT2D eigenvalue weighted by molar-refractivity contribution is 7.98. The largest absolute Gasteiger partial charge is 0.481 e. The minimum atomic E-state index is -1.40. The van der Waals surface area contributed by atoms with Gasteiger partial charge in [0.1, 0.15) is 36.3 Å². The molecule has 13 N–H and O–H groups in total. The summed E-state index contributed by atoms with van der Waals surface area (Å²) in [6.45, 7) is 5.39. The minimum Gasteiger partial charge on any atom is -0.481 e. The maximum Gasteiger partial charge on any atom is 0.326 e. The smallest absolute Gasteiger partial charge is 0.326 e. The summed E-state index contributed by atoms with van der Waals surface area (Å²) < 4.78 is 0. The van der Waals surface area contributed by atoms with Crippen molar-refractivity contribution in [3.8, 4) is 0 Å². The molecule has 1 rings (SSSR count). The first-order chi connectivity index (χ1) is 25.9. The Hall–Kier alpha value is -4.50. The number of aliphatic carboxylic acids is 2. The summed E-state index contributed by atoms with van der Waals surface area (Å²) in [5, 5.41) is 31.1. The predicted octanol–water partition coefficient (Wildman–Crippen LogP) is -2.50. The molecule has 1 aliphatic rings. The molecular weight excluding hydrogens is 742 g/mol. The number of primary amides is 1. The number of rotatable bonds is 26. The molecule has 0 aromatic heterocycles. The zero-order chi connectivity index (χ0) is 41.8. The van der Waals surface area contributed by atoms with E-state index in [1.165, 1.54) is 23.6 Å². The lowest BCUT2D eigenvalue weighted by Crippen LogP contribution is -2.60. The molecule has 1 saturated heterocycles. The third-order valence-electron chi connectivity index (χ3n) is 9.22. The highest BCUT2D eigenvalue weighted by Gasteiger charge is 2.41. The number of carbonyl (C=O) groups excluding carboxylic acids is 7. The Morgan fingerprint density at radius 1 is 0.818 bits per heavy atom. The molecule has 0 radical (unpaired) electrons. The van der Waals surface area contributed by atoms with E-state index in [1.54, 1.807) is 13.2 Å². The van der Waals surface area contributed by atoms with Crippen molar-refractivity contribution in [1.82, 2.24) is 31.5 Å². The summed E-state index contributed by atoms with van der Waals surface area (Å²) >= 11 is 1.41. The Kier molecular flexibility index (Phi) is 21.9. The first kappa shape index (κ1) is 48.5. The van der Waals surface area contributed by atoms with E-state index in [0.717, 1.165) is 0 Å². The minimum absolute atomic E-state index is 0.0812. The Balaban J connectivity index is 3.11. The van der Waals surface area contributed by atoms with E-state index in [4.69, 9.17) is 22.3 Å². The summed E-state index contributed by atoms with van der Waals surface area (Å²) in [5.41, 5.74) is 16.4. The number of carboxylic acid groups (broad SMARTS) is 2. The highest BCUT2D eigenvalue weighted by Crippen LogP contribution is 2.22. The molecule has 0 bridgehead atoms. The molecule has 7 amide bonds. The Bertz CT molecular complexity index is 1370. The molecule has 0 unspecified atom stereocenters. The van der Waals surface area contributed by atoms with Gasteiger partial charge >= 0.3 is 11.9 Å². The van der Waals surface area contributed by atoms with Gasteiger partial charge in [0, 0.05) is 13.0 Å². The molecule has 0 aromatic carbocycles. The van der Waals surface area contributed by atoms with Crippen molar-refractivity contribution in [2.45, 2.75) is 127 Å². The zero-order valence-electron chi connectivity index (χ0n) is 32.0. The average Bonchev–Trinajstić information content (AvgIpc) is 3.62. The molecule has 55 heavy (non-hydrogen) atoms. The van der Waals surface area contributed by atoms with Crippen molar-refractivity contribution < 1.29 is 53.4 Å². The summed E-state index contributed by atoms with van der Waals surface area (Å²) in [5.74, 6) is -7.76. The first-order valence-corrected chi connectivity index (χ1v) is 19.8. The third-order valence-corrected chi connectivity index (χ3v) is 9.86. The SMILES string of the molecule is CC[C@H](C)[C@H](NC(=O)[C@H](CCSC)NC(=O)[C@@H](N)CC(=O)O)C(=O)N1CCC[C@H]1C(=O)N[C@@H](C)C(=O)N[C@@H](CCC(N)=O)C(=O)N[C@@H](CCCCN)C(=O)O. The van der Waals surface area contributed by atoms with E-state index in [-0.39, 0.29) is 38.6 Å². The summed E-state index contributed by atoms with van der Waals surface area (Å²) in [7, 11) is 0. The van der Waals surface area contributed by atoms with Gasteiger partial charge in [-0.05, 0) is 76.3 Å². The van der Waals surface area contributed by atoms with Crippen molar-refractivity contribution in [2.24, 2.45) is 23.1 Å². The van der Waals surface area contributed by atoms with Gasteiger partial charge < -0.3 is 58.9 Å². The predicted molar refractivity (Wildman–Crippen MR) is 202 cm³/mol. The van der Waals surface area contributed by atoms with E-state index >= 15 is 0 Å². The molecule has 20 nitrogen and oxygen atoms in total. The Morgan fingerprint density at radius 3 is 1.98 bits per heavy atom. The number of amides is 7. The number of nitrogens with zero attached hydrogens (tertiary/aromatic N) is 1. The van der Waals surface area contributed by atoms with Crippen LogP contribution in [0.25, 0.3) is 0 Å². The van der Waals surface area contributed by atoms with Crippen molar-refractivity contribution in [1.29, 1.82) is 0 Å². The van der Waals surface area contributed by atoms with Crippen molar-refractivity contribution in [3.05, 3.63) is 0 Å². The summed E-state index contributed by atoms with van der Waals surface area (Å²) in [4.78, 5) is 116. The quantitative estimate of drug-likeness (QED) is 0.0405. The summed E-state index contributed by atoms with van der Waals surface area (Å²) in [6, 6.07) is -8.54. The number of carbonyl (C=O) groups is 9. The maximum atomic E-state index is 14.0. The van der Waals surface area contributed by atoms with Crippen LogP contribution < -0.4 is 43.8 Å². The van der Waals surface area contributed by atoms with E-state index < -0.39 is 108 Å². The number of nitrogens with one attached hydrogen (secondary N) is 5. The van der Waals surface area contributed by atoms with Gasteiger partial charge in [0.2, 0.25) is 41.4 Å². The van der Waals surface area contributed by atoms with Gasteiger partial charge in [-0.15, -0.1) is 0 Å². The molecule has 1 aliphatic heterocycles. The van der Waals surface area contributed by atoms with E-state index in [1.807, 2.05) is 6.92 Å². The fourth-order valence-corrected chi connectivity index (χ4v) is 6.20. The standard InChI is InChI=1S/C34H59N9O11S/c1-5-18(2)27(42-31(50)22(13-16-55-4)40-29(48)20(36)17-26(45)46)33(52)43-15-8-10-24(43)32(51)38-19(3)28(47)39-21(11-12-25(37)44)30(49)41-23(34(53)54)9-6-7-14-35/h18-24,27H,5-17,35-36H2,1-4H3,(H2,37,44)(H,38,51)(H,39,47)(H,40,48)(H,41,49)(H,42,50)(H,45,46)(H,53,54)/t18-,19-,20-,21-,22-,23-,24-,27-/m0/s1. The molecule has 21 heteroatoms. The fourth-order valence-electron chi connectivity index (χ4n) is 5.73. The fraction of sp³-hybridized carbons (Fsp3) is 0.735.